The molecule has 0 aliphatic carbocycles. The van der Waals surface area contributed by atoms with Crippen LogP contribution < -0.4 is 0 Å². The summed E-state index contributed by atoms with van der Waals surface area (Å²) in [5.74, 6) is -1.75. The summed E-state index contributed by atoms with van der Waals surface area (Å²) in [5.41, 5.74) is 0. The van der Waals surface area contributed by atoms with Crippen LogP contribution in [0.25, 0.3) is 0 Å². The fourth-order valence-corrected chi connectivity index (χ4v) is 0.683. The molecule has 0 amide bonds. The van der Waals surface area contributed by atoms with Crippen LogP contribution in [0, 0.1) is 5.21 Å². The van der Waals surface area contributed by atoms with E-state index < -0.39 is 25.3 Å². The second-order valence-corrected chi connectivity index (χ2v) is 2.59. The monoisotopic (exact) mass is 235 g/mol. The molecular formula is C7H13N3O6. The molecule has 0 unspecified atom stereocenters. The molecule has 0 fully saturated rings. The van der Waals surface area contributed by atoms with Gasteiger partial charge in [-0.1, -0.05) is 0 Å². The van der Waals surface area contributed by atoms with Gasteiger partial charge in [0, 0.05) is 6.92 Å². The molecule has 0 saturated heterocycles. The highest BCUT2D eigenvalue weighted by atomic mass is 16.8. The number of carbonyl (C=O) groups excluding carboxylic acids is 1. The molecule has 0 radical (unpaired) electrons. The van der Waals surface area contributed by atoms with Gasteiger partial charge in [0.15, 0.2) is 6.54 Å². The number of carboxylic acids is 1. The van der Waals surface area contributed by atoms with Crippen LogP contribution in [-0.4, -0.2) is 46.9 Å². The predicted octanol–water partition coefficient (Wildman–Crippen LogP) is -0.277. The van der Waals surface area contributed by atoms with Crippen molar-refractivity contribution < 1.29 is 29.2 Å². The molecular weight excluding hydrogens is 222 g/mol. The zero-order valence-corrected chi connectivity index (χ0v) is 8.95. The van der Waals surface area contributed by atoms with E-state index in [9.17, 15) is 14.8 Å². The van der Waals surface area contributed by atoms with E-state index in [-0.39, 0.29) is 11.5 Å². The van der Waals surface area contributed by atoms with Gasteiger partial charge in [-0.25, -0.2) is 0 Å². The highest BCUT2D eigenvalue weighted by molar-refractivity contribution is 5.68. The van der Waals surface area contributed by atoms with E-state index in [1.807, 2.05) is 0 Å². The van der Waals surface area contributed by atoms with Crippen LogP contribution in [0.4, 0.5) is 0 Å². The predicted molar refractivity (Wildman–Crippen MR) is 48.7 cm³/mol. The largest absolute Gasteiger partial charge is 0.569 e. The van der Waals surface area contributed by atoms with Crippen molar-refractivity contribution in [2.45, 2.75) is 13.8 Å². The number of esters is 1. The van der Waals surface area contributed by atoms with Gasteiger partial charge in [0.1, 0.15) is 0 Å². The van der Waals surface area contributed by atoms with Gasteiger partial charge in [-0.05, 0) is 6.92 Å². The van der Waals surface area contributed by atoms with E-state index >= 15 is 0 Å². The van der Waals surface area contributed by atoms with E-state index in [4.69, 9.17) is 5.11 Å². The molecule has 0 aliphatic heterocycles. The van der Waals surface area contributed by atoms with Crippen molar-refractivity contribution in [3.63, 3.8) is 0 Å². The summed E-state index contributed by atoms with van der Waals surface area (Å²) in [6, 6.07) is 0. The molecule has 0 atom stereocenters. The Morgan fingerprint density at radius 2 is 2.19 bits per heavy atom. The number of aliphatic carboxylic acids is 1. The lowest BCUT2D eigenvalue weighted by Crippen LogP contribution is -2.35. The average Bonchev–Trinajstić information content (AvgIpc) is 2.20. The maximum atomic E-state index is 11.1. The fraction of sp³-hybridized carbons (Fsp3) is 0.714. The number of nitrogens with zero attached hydrogens (tertiary/aromatic N) is 3. The number of carbonyl (C=O) groups is 2. The van der Waals surface area contributed by atoms with Gasteiger partial charge in [-0.15, -0.1) is 5.01 Å². The Hall–Kier alpha value is -2.06. The summed E-state index contributed by atoms with van der Waals surface area (Å²) in [5, 5.41) is 23.4. The summed E-state index contributed by atoms with van der Waals surface area (Å²) in [6.07, 6.45) is 0. The first kappa shape index (κ1) is 13.9. The molecule has 0 bridgehead atoms. The van der Waals surface area contributed by atoms with Crippen LogP contribution in [0.5, 0.6) is 0 Å². The lowest BCUT2D eigenvalue weighted by Gasteiger charge is -2.13. The Morgan fingerprint density at radius 3 is 2.62 bits per heavy atom. The molecule has 16 heavy (non-hydrogen) atoms. The molecule has 1 N–H and O–H groups in total. The number of hydrogen-bond acceptors (Lipinski definition) is 6. The fourth-order valence-electron chi connectivity index (χ4n) is 0.683. The Balaban J connectivity index is 4.06. The van der Waals surface area contributed by atoms with Gasteiger partial charge in [-0.2, -0.15) is 0 Å². The van der Waals surface area contributed by atoms with Gasteiger partial charge in [0.05, 0.1) is 11.5 Å². The number of carboxylic acid groups (broad SMARTS) is 1. The Labute approximate surface area is 91.4 Å². The van der Waals surface area contributed by atoms with Gasteiger partial charge in [0.25, 0.3) is 6.79 Å². The molecule has 0 aliphatic rings. The van der Waals surface area contributed by atoms with E-state index in [0.717, 1.165) is 5.01 Å². The molecule has 0 rings (SSSR count). The third-order valence-corrected chi connectivity index (χ3v) is 1.37. The molecule has 9 heteroatoms. The summed E-state index contributed by atoms with van der Waals surface area (Å²) in [4.78, 5) is 24.9. The molecule has 0 aromatic heterocycles. The van der Waals surface area contributed by atoms with Crippen molar-refractivity contribution in [2.75, 3.05) is 19.9 Å². The van der Waals surface area contributed by atoms with Crippen molar-refractivity contribution in [3.8, 4) is 0 Å². The number of ether oxygens (including phenoxy) is 1. The second-order valence-electron chi connectivity index (χ2n) is 2.59. The van der Waals surface area contributed by atoms with E-state index in [2.05, 4.69) is 14.9 Å². The number of likely N-dealkylation sites (N-methyl/N-ethyl adjacent to an activating group) is 1. The Kier molecular flexibility index (Phi) is 6.33. The minimum atomic E-state index is -1.17. The Bertz CT molecular complexity index is 279. The molecule has 0 heterocycles. The van der Waals surface area contributed by atoms with Crippen LogP contribution in [-0.2, 0) is 19.2 Å². The lowest BCUT2D eigenvalue weighted by molar-refractivity contribution is -0.709. The van der Waals surface area contributed by atoms with Crippen molar-refractivity contribution in [3.05, 3.63) is 5.21 Å². The molecule has 0 aromatic carbocycles. The summed E-state index contributed by atoms with van der Waals surface area (Å²) in [7, 11) is 0. The zero-order valence-electron chi connectivity index (χ0n) is 8.95. The highest BCUT2D eigenvalue weighted by Crippen LogP contribution is 1.91. The van der Waals surface area contributed by atoms with Crippen LogP contribution >= 0.6 is 0 Å². The maximum absolute atomic E-state index is 11.1. The minimum Gasteiger partial charge on any atom is -0.569 e. The summed E-state index contributed by atoms with van der Waals surface area (Å²) >= 11 is 0. The normalized spacial score (nSPS) is 10.8. The summed E-state index contributed by atoms with van der Waals surface area (Å²) in [6.45, 7) is 1.89. The van der Waals surface area contributed by atoms with E-state index in [1.165, 1.54) is 6.92 Å². The molecule has 9 nitrogen and oxygen atoms in total. The standard InChI is InChI=1S/C7H13N3O6/c1-3-9(4-7(12)13)10(14)8-16-5-15-6(2)11/h3-5H2,1-2H3,(H,12,13)/b10-8+. The van der Waals surface area contributed by atoms with Crippen LogP contribution in [0.1, 0.15) is 13.8 Å². The Morgan fingerprint density at radius 1 is 1.56 bits per heavy atom. The van der Waals surface area contributed by atoms with Gasteiger partial charge < -0.3 is 19.9 Å². The second kappa shape index (κ2) is 7.26. The first-order valence-corrected chi connectivity index (χ1v) is 4.37. The average molecular weight is 235 g/mol. The number of hydrazine groups is 1. The lowest BCUT2D eigenvalue weighted by atomic mass is 10.6. The van der Waals surface area contributed by atoms with Crippen LogP contribution in [0.3, 0.4) is 0 Å². The molecule has 0 aromatic rings. The number of rotatable bonds is 7. The van der Waals surface area contributed by atoms with E-state index in [1.54, 1.807) is 6.92 Å². The third-order valence-electron chi connectivity index (χ3n) is 1.37. The quantitative estimate of drug-likeness (QED) is 0.161. The molecule has 92 valence electrons. The maximum Gasteiger partial charge on any atom is 0.329 e. The van der Waals surface area contributed by atoms with Gasteiger partial charge in [0.2, 0.25) is 5.28 Å². The van der Waals surface area contributed by atoms with E-state index in [0.29, 0.717) is 0 Å². The van der Waals surface area contributed by atoms with Crippen LogP contribution in [0.2, 0.25) is 0 Å². The molecule has 0 spiro atoms. The molecule has 0 saturated carbocycles. The van der Waals surface area contributed by atoms with Crippen molar-refractivity contribution >= 4 is 11.9 Å². The highest BCUT2D eigenvalue weighted by Gasteiger charge is 2.14. The third kappa shape index (κ3) is 6.40. The SMILES string of the molecule is CCN(CC(=O)O)/[N+]([O-])=N\OCOC(C)=O. The van der Waals surface area contributed by atoms with Gasteiger partial charge >= 0.3 is 11.9 Å². The number of hydrogen-bond donors (Lipinski definition) is 1. The van der Waals surface area contributed by atoms with Crippen molar-refractivity contribution in [2.24, 2.45) is 5.28 Å². The van der Waals surface area contributed by atoms with Gasteiger partial charge in [-0.3, -0.25) is 9.59 Å². The first-order chi connectivity index (χ1) is 7.47. The first-order valence-electron chi connectivity index (χ1n) is 4.37. The summed E-state index contributed by atoms with van der Waals surface area (Å²) < 4.78 is 4.33. The smallest absolute Gasteiger partial charge is 0.329 e. The van der Waals surface area contributed by atoms with Crippen molar-refractivity contribution in [1.82, 2.24) is 5.01 Å². The zero-order chi connectivity index (χ0) is 12.6. The minimum absolute atomic E-state index is 0.0163. The topological polar surface area (TPSA) is 114 Å². The van der Waals surface area contributed by atoms with Crippen LogP contribution in [0.15, 0.2) is 5.28 Å². The van der Waals surface area contributed by atoms with Crippen molar-refractivity contribution in [1.29, 1.82) is 0 Å².